The third-order valence-electron chi connectivity index (χ3n) is 7.90. The number of fused-ring (bicyclic) bond motifs is 5. The molecule has 0 fully saturated rings. The maximum Gasteiger partial charge on any atom is 0.239 e. The minimum absolute atomic E-state index is 0. The summed E-state index contributed by atoms with van der Waals surface area (Å²) >= 11 is 0. The van der Waals surface area contributed by atoms with Crippen LogP contribution in [0.1, 0.15) is 39.3 Å². The van der Waals surface area contributed by atoms with E-state index in [1.807, 2.05) is 54.6 Å². The van der Waals surface area contributed by atoms with Crippen LogP contribution >= 0.6 is 0 Å². The van der Waals surface area contributed by atoms with E-state index in [2.05, 4.69) is 34.2 Å². The fraction of sp³-hybridized carbons (Fsp3) is 0.128. The summed E-state index contributed by atoms with van der Waals surface area (Å²) in [5.41, 5.74) is 6.42. The van der Waals surface area contributed by atoms with Crippen LogP contribution in [0.2, 0.25) is 0 Å². The number of rotatable bonds is 2. The van der Waals surface area contributed by atoms with Gasteiger partial charge in [-0.25, -0.2) is 0 Å². The number of benzene rings is 4. The molecule has 6 heteroatoms. The smallest absolute Gasteiger partial charge is 0.239 e. The summed E-state index contributed by atoms with van der Waals surface area (Å²) in [6.45, 7) is -2.17. The van der Waals surface area contributed by atoms with Gasteiger partial charge in [0, 0.05) is 53.1 Å². The summed E-state index contributed by atoms with van der Waals surface area (Å²) in [7, 11) is 0. The third kappa shape index (κ3) is 5.50. The first-order chi connectivity index (χ1) is 24.4. The van der Waals surface area contributed by atoms with Gasteiger partial charge in [0.1, 0.15) is 11.5 Å². The second kappa shape index (κ2) is 12.5. The van der Waals surface area contributed by atoms with Crippen molar-refractivity contribution in [3.63, 3.8) is 0 Å². The van der Waals surface area contributed by atoms with Gasteiger partial charge in [0.15, 0.2) is 0 Å². The summed E-state index contributed by atoms with van der Waals surface area (Å²) in [5.74, 6) is 2.81. The first-order valence-electron chi connectivity index (χ1n) is 18.0. The van der Waals surface area contributed by atoms with E-state index in [0.29, 0.717) is 28.3 Å². The molecule has 4 heterocycles. The molecular formula is C39H29BIrN2O2-2. The maximum absolute atomic E-state index is 8.49. The largest absolute Gasteiger partial charge is 0.503 e. The first kappa shape index (κ1) is 22.1. The van der Waals surface area contributed by atoms with E-state index >= 15 is 0 Å². The molecule has 3 aliphatic rings. The summed E-state index contributed by atoms with van der Waals surface area (Å²) in [4.78, 5) is 8.80. The van der Waals surface area contributed by atoms with E-state index < -0.39 is 19.6 Å². The molecule has 9 rings (SSSR count). The summed E-state index contributed by atoms with van der Waals surface area (Å²) < 4.78 is 68.1. The average molecular weight is 768 g/mol. The second-order valence-electron chi connectivity index (χ2n) is 10.6. The van der Waals surface area contributed by atoms with Gasteiger partial charge in [0.2, 0.25) is 6.71 Å². The number of para-hydroxylation sites is 2. The van der Waals surface area contributed by atoms with Gasteiger partial charge in [-0.3, -0.25) is 0 Å². The van der Waals surface area contributed by atoms with Crippen molar-refractivity contribution >= 4 is 23.1 Å². The molecule has 2 aliphatic heterocycles. The van der Waals surface area contributed by atoms with Gasteiger partial charge in [-0.2, -0.15) is 0 Å². The van der Waals surface area contributed by atoms with Crippen molar-refractivity contribution < 1.29 is 39.2 Å². The molecule has 0 amide bonds. The van der Waals surface area contributed by atoms with Crippen molar-refractivity contribution in [2.75, 3.05) is 0 Å². The van der Waals surface area contributed by atoms with Crippen LogP contribution in [-0.4, -0.2) is 16.7 Å². The van der Waals surface area contributed by atoms with Crippen molar-refractivity contribution in [1.29, 1.82) is 0 Å². The van der Waals surface area contributed by atoms with E-state index in [1.165, 1.54) is 6.20 Å². The summed E-state index contributed by atoms with van der Waals surface area (Å²) in [6, 6.07) is 38.2. The van der Waals surface area contributed by atoms with Gasteiger partial charge >= 0.3 is 0 Å². The van der Waals surface area contributed by atoms with Crippen LogP contribution in [0.3, 0.4) is 0 Å². The SMILES string of the molecule is [2H]C([2H])([2H])c1ccc(-c2[c-]cccc2)nc1.[2H]C1([2H])CCC([2H])([2H])c2nc(-c3[c-]cc4c5c3Oc3ccccc3B5c3ccccc3O4)ccc21.[Ir]. The normalized spacial score (nSPS) is 18.0. The number of aryl methyl sites for hydroxylation is 3. The van der Waals surface area contributed by atoms with Crippen molar-refractivity contribution in [3.05, 3.63) is 138 Å². The zero-order valence-corrected chi connectivity index (χ0v) is 26.3. The monoisotopic (exact) mass is 768 g/mol. The molecule has 0 atom stereocenters. The van der Waals surface area contributed by atoms with Crippen LogP contribution in [0, 0.1) is 19.0 Å². The van der Waals surface area contributed by atoms with E-state index in [9.17, 15) is 0 Å². The zero-order valence-electron chi connectivity index (χ0n) is 30.9. The van der Waals surface area contributed by atoms with Crippen LogP contribution in [0.25, 0.3) is 22.5 Å². The molecule has 6 aromatic rings. The Morgan fingerprint density at radius 1 is 0.778 bits per heavy atom. The van der Waals surface area contributed by atoms with Crippen molar-refractivity contribution in [1.82, 2.24) is 9.97 Å². The molecule has 2 aromatic heterocycles. The van der Waals surface area contributed by atoms with E-state index in [-0.39, 0.29) is 50.9 Å². The van der Waals surface area contributed by atoms with Crippen LogP contribution in [0.4, 0.5) is 0 Å². The number of hydrogen-bond acceptors (Lipinski definition) is 4. The van der Waals surface area contributed by atoms with Crippen LogP contribution in [-0.2, 0) is 32.9 Å². The third-order valence-corrected chi connectivity index (χ3v) is 7.90. The van der Waals surface area contributed by atoms with Crippen LogP contribution < -0.4 is 25.9 Å². The number of hydrogen-bond donors (Lipinski definition) is 0. The predicted octanol–water partition coefficient (Wildman–Crippen LogP) is 7.01. The molecule has 0 saturated carbocycles. The van der Waals surface area contributed by atoms with Crippen molar-refractivity contribution in [3.8, 4) is 45.5 Å². The molecule has 1 radical (unpaired) electrons. The van der Waals surface area contributed by atoms with E-state index in [1.54, 1.807) is 36.4 Å². The van der Waals surface area contributed by atoms with Gasteiger partial charge in [-0.05, 0) is 78.0 Å². The Morgan fingerprint density at radius 3 is 2.29 bits per heavy atom. The van der Waals surface area contributed by atoms with Crippen LogP contribution in [0.5, 0.6) is 23.0 Å². The maximum atomic E-state index is 8.49. The molecule has 45 heavy (non-hydrogen) atoms. The van der Waals surface area contributed by atoms with Crippen molar-refractivity contribution in [2.45, 2.75) is 32.4 Å². The average Bonchev–Trinajstić information content (AvgIpc) is 3.14. The molecule has 4 aromatic carbocycles. The summed E-state index contributed by atoms with van der Waals surface area (Å²) in [5, 5.41) is 0. The molecule has 1 aliphatic carbocycles. The van der Waals surface area contributed by atoms with Gasteiger partial charge < -0.3 is 19.4 Å². The Labute approximate surface area is 287 Å². The minimum Gasteiger partial charge on any atom is -0.503 e. The Kier molecular flexibility index (Phi) is 6.12. The van der Waals surface area contributed by atoms with Gasteiger partial charge in [-0.15, -0.1) is 48.0 Å². The molecule has 0 spiro atoms. The fourth-order valence-electron chi connectivity index (χ4n) is 5.87. The first-order valence-corrected chi connectivity index (χ1v) is 14.5. The molecule has 4 nitrogen and oxygen atoms in total. The Balaban J connectivity index is 0.000000209. The number of nitrogens with zero attached hydrogens (tertiary/aromatic N) is 2. The van der Waals surface area contributed by atoms with Gasteiger partial charge in [-0.1, -0.05) is 71.7 Å². The summed E-state index contributed by atoms with van der Waals surface area (Å²) in [6.07, 6.45) is -1.72. The Bertz CT molecular complexity index is 2280. The standard InChI is InChI=1S/C27H19BNO2.C12H10N.Ir/c1-4-10-21-17(7-1)13-15-22(29-21)18-14-16-25-26-27(18)31-24-12-6-3-9-20(24)28(26)19-8-2-5-11-23(19)30-25;1-10-7-8-12(13-9-10)11-5-3-2-4-6-11;/h2-3,5-6,8-9,11-13,15-16H,1,4,7,10H2;2-5,7-9H,1H3;/q2*-1;/i7D2,10D2;1D3;. The topological polar surface area (TPSA) is 44.2 Å². The molecule has 221 valence electrons. The molecule has 0 N–H and O–H groups in total. The Hall–Kier alpha value is -4.51. The molecule has 0 saturated heterocycles. The van der Waals surface area contributed by atoms with Crippen LogP contribution in [0.15, 0.2) is 109 Å². The number of pyridine rings is 2. The minimum atomic E-state index is -2.09. The number of ether oxygens (including phenoxy) is 2. The van der Waals surface area contributed by atoms with E-state index in [0.717, 1.165) is 39.1 Å². The fourth-order valence-corrected chi connectivity index (χ4v) is 5.87. The van der Waals surface area contributed by atoms with Gasteiger partial charge in [0.05, 0.1) is 0 Å². The van der Waals surface area contributed by atoms with Crippen molar-refractivity contribution in [2.24, 2.45) is 0 Å². The van der Waals surface area contributed by atoms with E-state index in [4.69, 9.17) is 19.1 Å². The molecular weight excluding hydrogens is 731 g/mol. The predicted molar refractivity (Wildman–Crippen MR) is 176 cm³/mol. The number of aromatic nitrogens is 2. The van der Waals surface area contributed by atoms with Gasteiger partial charge in [0.25, 0.3) is 0 Å². The zero-order chi connectivity index (χ0) is 35.5. The Morgan fingerprint density at radius 2 is 1.53 bits per heavy atom. The quantitative estimate of drug-likeness (QED) is 0.140. The molecule has 0 bridgehead atoms. The second-order valence-corrected chi connectivity index (χ2v) is 10.6. The molecule has 0 unspecified atom stereocenters.